The van der Waals surface area contributed by atoms with Crippen LogP contribution in [-0.4, -0.2) is 61.4 Å². The van der Waals surface area contributed by atoms with Crippen LogP contribution in [0.4, 0.5) is 11.4 Å². The van der Waals surface area contributed by atoms with Crippen LogP contribution in [0.25, 0.3) is 0 Å². The van der Waals surface area contributed by atoms with E-state index in [4.69, 9.17) is 5.14 Å². The van der Waals surface area contributed by atoms with Gasteiger partial charge in [-0.05, 0) is 37.2 Å². The third kappa shape index (κ3) is 8.11. The number of nitro groups is 1. The fourth-order valence-corrected chi connectivity index (χ4v) is 4.53. The van der Waals surface area contributed by atoms with Gasteiger partial charge in [0.25, 0.3) is 5.69 Å². The van der Waals surface area contributed by atoms with E-state index < -0.39 is 14.9 Å². The maximum absolute atomic E-state index is 11.6. The van der Waals surface area contributed by atoms with Gasteiger partial charge in [-0.3, -0.25) is 10.1 Å². The molecule has 0 saturated heterocycles. The summed E-state index contributed by atoms with van der Waals surface area (Å²) in [5.74, 6) is 0.648. The summed E-state index contributed by atoms with van der Waals surface area (Å²) in [4.78, 5) is 13.8. The van der Waals surface area contributed by atoms with Crippen molar-refractivity contribution in [3.8, 4) is 0 Å². The first-order chi connectivity index (χ1) is 14.7. The van der Waals surface area contributed by atoms with Gasteiger partial charge in [0.15, 0.2) is 0 Å². The van der Waals surface area contributed by atoms with Crippen LogP contribution >= 0.6 is 11.8 Å². The minimum absolute atomic E-state index is 0.0607. The first kappa shape index (κ1) is 25.1. The Hall–Kier alpha value is -2.18. The summed E-state index contributed by atoms with van der Waals surface area (Å²) in [7, 11) is -4.05. The molecule has 0 bridgehead atoms. The number of hydrogen-bond donors (Lipinski definition) is 3. The summed E-state index contributed by atoms with van der Waals surface area (Å²) >= 11 is 1.63. The number of nitrogens with two attached hydrogens (primary N) is 1. The van der Waals surface area contributed by atoms with Crippen molar-refractivity contribution in [3.05, 3.63) is 58.6 Å². The number of hydrogen-bond acceptors (Lipinski definition) is 8. The zero-order chi connectivity index (χ0) is 22.9. The van der Waals surface area contributed by atoms with Crippen LogP contribution < -0.4 is 10.5 Å². The molecule has 11 heteroatoms. The largest absolute Gasteiger partial charge is 0.395 e. The van der Waals surface area contributed by atoms with Gasteiger partial charge in [0, 0.05) is 35.8 Å². The van der Waals surface area contributed by atoms with Crippen LogP contribution in [0.2, 0.25) is 0 Å². The van der Waals surface area contributed by atoms with Gasteiger partial charge in [0.1, 0.15) is 5.69 Å². The van der Waals surface area contributed by atoms with Crippen LogP contribution in [0.1, 0.15) is 13.3 Å². The topological polar surface area (TPSA) is 139 Å². The van der Waals surface area contributed by atoms with Crippen molar-refractivity contribution in [2.45, 2.75) is 29.2 Å². The van der Waals surface area contributed by atoms with Crippen LogP contribution in [0.3, 0.4) is 0 Å². The third-order valence-corrected chi connectivity index (χ3v) is 6.79. The van der Waals surface area contributed by atoms with E-state index in [0.29, 0.717) is 25.3 Å². The Labute approximate surface area is 186 Å². The van der Waals surface area contributed by atoms with Crippen LogP contribution in [0.15, 0.2) is 58.3 Å². The Morgan fingerprint density at radius 2 is 1.94 bits per heavy atom. The smallest absolute Gasteiger partial charge is 0.293 e. The molecule has 0 aromatic heterocycles. The Balaban J connectivity index is 2.22. The lowest BCUT2D eigenvalue weighted by Gasteiger charge is -2.24. The number of nitrogens with one attached hydrogen (secondary N) is 1. The molecule has 0 aliphatic rings. The number of primary sulfonamides is 1. The minimum atomic E-state index is -4.05. The van der Waals surface area contributed by atoms with Gasteiger partial charge in [-0.1, -0.05) is 25.1 Å². The van der Waals surface area contributed by atoms with E-state index in [0.717, 1.165) is 17.5 Å². The van der Waals surface area contributed by atoms with Crippen molar-refractivity contribution in [2.75, 3.05) is 37.3 Å². The molecule has 1 atom stereocenters. The van der Waals surface area contributed by atoms with Gasteiger partial charge in [-0.2, -0.15) is 0 Å². The predicted octanol–water partition coefficient (Wildman–Crippen LogP) is 2.52. The van der Waals surface area contributed by atoms with Gasteiger partial charge in [-0.25, -0.2) is 13.6 Å². The molecule has 0 aliphatic heterocycles. The maximum atomic E-state index is 11.6. The minimum Gasteiger partial charge on any atom is -0.395 e. The highest BCUT2D eigenvalue weighted by Crippen LogP contribution is 2.29. The van der Waals surface area contributed by atoms with Gasteiger partial charge in [0.2, 0.25) is 10.0 Å². The van der Waals surface area contributed by atoms with Crippen molar-refractivity contribution in [1.29, 1.82) is 0 Å². The number of nitro benzene ring substituents is 1. The first-order valence-electron chi connectivity index (χ1n) is 9.83. The van der Waals surface area contributed by atoms with Gasteiger partial charge >= 0.3 is 0 Å². The highest BCUT2D eigenvalue weighted by Gasteiger charge is 2.21. The van der Waals surface area contributed by atoms with Crippen molar-refractivity contribution in [1.82, 2.24) is 4.90 Å². The maximum Gasteiger partial charge on any atom is 0.293 e. The Kier molecular flexibility index (Phi) is 9.72. The Morgan fingerprint density at radius 1 is 1.23 bits per heavy atom. The van der Waals surface area contributed by atoms with Crippen LogP contribution in [0, 0.1) is 10.1 Å². The summed E-state index contributed by atoms with van der Waals surface area (Å²) in [6.07, 6.45) is 0.682. The number of anilines is 1. The van der Waals surface area contributed by atoms with Crippen LogP contribution in [0.5, 0.6) is 0 Å². The molecular formula is C20H28N4O5S2. The standard InChI is InChI=1S/C20H28N4O5S2/c1-2-23(12-13-25)11-10-16(15-30-17-6-4-3-5-7-17)22-19-9-8-18(31(21,28)29)14-20(19)24(26)27/h3-9,14,16,22,25H,2,10-13,15H2,1H3,(H2,21,28,29)/t16-/m1/s1. The fourth-order valence-electron chi connectivity index (χ4n) is 3.00. The second-order valence-electron chi connectivity index (χ2n) is 6.89. The van der Waals surface area contributed by atoms with Gasteiger partial charge in [-0.15, -0.1) is 11.8 Å². The lowest BCUT2D eigenvalue weighted by atomic mass is 10.2. The fraction of sp³-hybridized carbons (Fsp3) is 0.400. The van der Waals surface area contributed by atoms with E-state index in [1.807, 2.05) is 37.3 Å². The monoisotopic (exact) mass is 468 g/mol. The molecule has 0 unspecified atom stereocenters. The average Bonchev–Trinajstić information content (AvgIpc) is 2.74. The quantitative estimate of drug-likeness (QED) is 0.231. The number of benzene rings is 2. The molecule has 9 nitrogen and oxygen atoms in total. The molecule has 2 aromatic carbocycles. The molecule has 0 radical (unpaired) electrons. The molecule has 0 heterocycles. The molecular weight excluding hydrogens is 440 g/mol. The van der Waals surface area contributed by atoms with Crippen LogP contribution in [-0.2, 0) is 10.0 Å². The van der Waals surface area contributed by atoms with Gasteiger partial charge < -0.3 is 15.3 Å². The molecule has 0 aliphatic carbocycles. The number of nitrogens with zero attached hydrogens (tertiary/aromatic N) is 2. The van der Waals surface area contributed by atoms with Gasteiger partial charge in [0.05, 0.1) is 16.4 Å². The van der Waals surface area contributed by atoms with E-state index in [9.17, 15) is 23.6 Å². The zero-order valence-corrected chi connectivity index (χ0v) is 18.9. The number of aliphatic hydroxyl groups excluding tert-OH is 1. The molecule has 0 fully saturated rings. The predicted molar refractivity (Wildman–Crippen MR) is 123 cm³/mol. The molecule has 31 heavy (non-hydrogen) atoms. The highest BCUT2D eigenvalue weighted by atomic mass is 32.2. The van der Waals surface area contributed by atoms with Crippen molar-refractivity contribution >= 4 is 33.2 Å². The Morgan fingerprint density at radius 3 is 2.52 bits per heavy atom. The SMILES string of the molecule is CCN(CCO)CC[C@H](CSc1ccccc1)Nc1ccc(S(N)(=O)=O)cc1[N+](=O)[O-]. The normalized spacial score (nSPS) is 12.6. The van der Waals surface area contributed by atoms with Crippen molar-refractivity contribution in [2.24, 2.45) is 5.14 Å². The summed E-state index contributed by atoms with van der Waals surface area (Å²) in [6.45, 7) is 4.10. The van der Waals surface area contributed by atoms with Crippen molar-refractivity contribution in [3.63, 3.8) is 0 Å². The summed E-state index contributed by atoms with van der Waals surface area (Å²) in [6, 6.07) is 13.3. The summed E-state index contributed by atoms with van der Waals surface area (Å²) < 4.78 is 23.2. The summed E-state index contributed by atoms with van der Waals surface area (Å²) in [5, 5.41) is 29.1. The number of thioether (sulfide) groups is 1. The summed E-state index contributed by atoms with van der Waals surface area (Å²) in [5.41, 5.74) is -0.106. The molecule has 0 spiro atoms. The third-order valence-electron chi connectivity index (χ3n) is 4.71. The second kappa shape index (κ2) is 12.0. The lowest BCUT2D eigenvalue weighted by molar-refractivity contribution is -0.384. The number of aliphatic hydroxyl groups is 1. The molecule has 0 amide bonds. The zero-order valence-electron chi connectivity index (χ0n) is 17.3. The Bertz CT molecular complexity index is 957. The molecule has 4 N–H and O–H groups in total. The average molecular weight is 469 g/mol. The second-order valence-corrected chi connectivity index (χ2v) is 9.55. The molecule has 170 valence electrons. The van der Waals surface area contributed by atoms with Crippen molar-refractivity contribution < 1.29 is 18.4 Å². The molecule has 2 rings (SSSR count). The van der Waals surface area contributed by atoms with E-state index >= 15 is 0 Å². The molecule has 0 saturated carbocycles. The highest BCUT2D eigenvalue weighted by molar-refractivity contribution is 7.99. The van der Waals surface area contributed by atoms with E-state index in [2.05, 4.69) is 10.2 Å². The number of sulfonamides is 1. The first-order valence-corrected chi connectivity index (χ1v) is 12.4. The van der Waals surface area contributed by atoms with E-state index in [-0.39, 0.29) is 28.9 Å². The van der Waals surface area contributed by atoms with E-state index in [1.54, 1.807) is 11.8 Å². The number of rotatable bonds is 13. The molecule has 2 aromatic rings. The lowest BCUT2D eigenvalue weighted by Crippen LogP contribution is -2.33. The van der Waals surface area contributed by atoms with E-state index in [1.165, 1.54) is 12.1 Å². The number of likely N-dealkylation sites (N-methyl/N-ethyl adjacent to an activating group) is 1.